The number of aliphatic hydroxyl groups is 1. The van der Waals surface area contributed by atoms with Crippen LogP contribution in [0.1, 0.15) is 37.4 Å². The van der Waals surface area contributed by atoms with Gasteiger partial charge in [0.15, 0.2) is 0 Å². The highest BCUT2D eigenvalue weighted by atomic mass is 16.5. The maximum Gasteiger partial charge on any atom is 0.128 e. The summed E-state index contributed by atoms with van der Waals surface area (Å²) in [6.07, 6.45) is 4.10. The summed E-state index contributed by atoms with van der Waals surface area (Å²) in [5, 5.41) is 10.5. The first-order valence-corrected chi connectivity index (χ1v) is 6.17. The number of benzene rings is 1. The minimum atomic E-state index is -0.483. The Bertz CT molecular complexity index is 347. The molecule has 1 atom stereocenters. The van der Waals surface area contributed by atoms with Crippen molar-refractivity contribution in [2.24, 2.45) is 5.92 Å². The fraction of sp³-hybridized carbons (Fsp3) is 0.571. The Labute approximate surface area is 102 Å². The van der Waals surface area contributed by atoms with Crippen molar-refractivity contribution in [1.82, 2.24) is 0 Å². The largest absolute Gasteiger partial charge is 0.496 e. The SMILES string of the molecule is COc1cccc(OC)c1C(O)C1CCCC1. The molecule has 0 heterocycles. The monoisotopic (exact) mass is 236 g/mol. The number of methoxy groups -OCH3 is 2. The molecule has 0 aromatic heterocycles. The van der Waals surface area contributed by atoms with Crippen molar-refractivity contribution >= 4 is 0 Å². The molecule has 17 heavy (non-hydrogen) atoms. The van der Waals surface area contributed by atoms with Crippen LogP contribution >= 0.6 is 0 Å². The number of hydrogen-bond donors (Lipinski definition) is 1. The predicted octanol–water partition coefficient (Wildman–Crippen LogP) is 2.93. The zero-order valence-corrected chi connectivity index (χ0v) is 10.5. The number of hydrogen-bond acceptors (Lipinski definition) is 3. The molecule has 0 bridgehead atoms. The van der Waals surface area contributed by atoms with Crippen molar-refractivity contribution in [2.45, 2.75) is 31.8 Å². The van der Waals surface area contributed by atoms with E-state index in [1.807, 2.05) is 18.2 Å². The van der Waals surface area contributed by atoms with E-state index in [0.717, 1.165) is 18.4 Å². The zero-order chi connectivity index (χ0) is 12.3. The normalized spacial score (nSPS) is 18.1. The summed E-state index contributed by atoms with van der Waals surface area (Å²) in [6.45, 7) is 0. The van der Waals surface area contributed by atoms with Crippen LogP contribution < -0.4 is 9.47 Å². The van der Waals surface area contributed by atoms with Crippen LogP contribution in [0.15, 0.2) is 18.2 Å². The van der Waals surface area contributed by atoms with Gasteiger partial charge in [-0.3, -0.25) is 0 Å². The third-order valence-electron chi connectivity index (χ3n) is 3.61. The highest BCUT2D eigenvalue weighted by Gasteiger charge is 2.29. The van der Waals surface area contributed by atoms with Gasteiger partial charge in [-0.1, -0.05) is 18.9 Å². The smallest absolute Gasteiger partial charge is 0.128 e. The standard InChI is InChI=1S/C14H20O3/c1-16-11-8-5-9-12(17-2)13(11)14(15)10-6-3-4-7-10/h5,8-10,14-15H,3-4,6-7H2,1-2H3. The van der Waals surface area contributed by atoms with Crippen LogP contribution in [0.4, 0.5) is 0 Å². The fourth-order valence-electron chi connectivity index (χ4n) is 2.68. The zero-order valence-electron chi connectivity index (χ0n) is 10.5. The van der Waals surface area contributed by atoms with E-state index in [-0.39, 0.29) is 0 Å². The molecule has 0 saturated heterocycles. The molecular weight excluding hydrogens is 216 g/mol. The minimum absolute atomic E-state index is 0.334. The molecule has 3 heteroatoms. The summed E-state index contributed by atoms with van der Waals surface area (Å²) in [7, 11) is 3.25. The summed E-state index contributed by atoms with van der Waals surface area (Å²) in [5.41, 5.74) is 0.796. The van der Waals surface area contributed by atoms with Crippen LogP contribution in [0, 0.1) is 5.92 Å². The summed E-state index contributed by atoms with van der Waals surface area (Å²) in [4.78, 5) is 0. The van der Waals surface area contributed by atoms with Crippen molar-refractivity contribution in [3.05, 3.63) is 23.8 Å². The van der Waals surface area contributed by atoms with Crippen LogP contribution in [0.25, 0.3) is 0 Å². The Kier molecular flexibility index (Phi) is 3.89. The van der Waals surface area contributed by atoms with Gasteiger partial charge in [-0.2, -0.15) is 0 Å². The fourth-order valence-corrected chi connectivity index (χ4v) is 2.68. The highest BCUT2D eigenvalue weighted by molar-refractivity contribution is 5.46. The third kappa shape index (κ3) is 2.39. The maximum absolute atomic E-state index is 10.5. The molecule has 1 aromatic rings. The van der Waals surface area contributed by atoms with Gasteiger partial charge in [0.05, 0.1) is 25.9 Å². The first-order chi connectivity index (χ1) is 8.27. The summed E-state index contributed by atoms with van der Waals surface area (Å²) in [5.74, 6) is 1.76. The Morgan fingerprint density at radius 2 is 1.65 bits per heavy atom. The van der Waals surface area contributed by atoms with E-state index < -0.39 is 6.10 Å². The average Bonchev–Trinajstić information content (AvgIpc) is 2.90. The molecule has 3 nitrogen and oxygen atoms in total. The van der Waals surface area contributed by atoms with Gasteiger partial charge in [0, 0.05) is 0 Å². The van der Waals surface area contributed by atoms with Crippen LogP contribution in [0.5, 0.6) is 11.5 Å². The molecule has 0 radical (unpaired) electrons. The van der Waals surface area contributed by atoms with E-state index in [1.165, 1.54) is 12.8 Å². The summed E-state index contributed by atoms with van der Waals surface area (Å²) in [6, 6.07) is 5.62. The van der Waals surface area contributed by atoms with E-state index in [0.29, 0.717) is 17.4 Å². The van der Waals surface area contributed by atoms with E-state index in [2.05, 4.69) is 0 Å². The van der Waals surface area contributed by atoms with Gasteiger partial charge >= 0.3 is 0 Å². The molecule has 1 aromatic carbocycles. The molecule has 94 valence electrons. The van der Waals surface area contributed by atoms with E-state index in [9.17, 15) is 5.11 Å². The van der Waals surface area contributed by atoms with Crippen LogP contribution in [-0.2, 0) is 0 Å². The number of ether oxygens (including phenoxy) is 2. The lowest BCUT2D eigenvalue weighted by Gasteiger charge is -2.22. The Balaban J connectivity index is 2.33. The van der Waals surface area contributed by atoms with Crippen molar-refractivity contribution < 1.29 is 14.6 Å². The van der Waals surface area contributed by atoms with Crippen molar-refractivity contribution in [2.75, 3.05) is 14.2 Å². The first-order valence-electron chi connectivity index (χ1n) is 6.17. The lowest BCUT2D eigenvalue weighted by atomic mass is 9.93. The minimum Gasteiger partial charge on any atom is -0.496 e. The van der Waals surface area contributed by atoms with Crippen molar-refractivity contribution in [3.8, 4) is 11.5 Å². The summed E-state index contributed by atoms with van der Waals surface area (Å²) < 4.78 is 10.7. The van der Waals surface area contributed by atoms with E-state index >= 15 is 0 Å². The summed E-state index contributed by atoms with van der Waals surface area (Å²) >= 11 is 0. The Morgan fingerprint density at radius 3 is 2.12 bits per heavy atom. The predicted molar refractivity (Wildman–Crippen MR) is 66.5 cm³/mol. The molecule has 1 aliphatic rings. The van der Waals surface area contributed by atoms with Gasteiger partial charge < -0.3 is 14.6 Å². The molecule has 0 aliphatic heterocycles. The third-order valence-corrected chi connectivity index (χ3v) is 3.61. The molecule has 1 unspecified atom stereocenters. The second-order valence-corrected chi connectivity index (χ2v) is 4.57. The van der Waals surface area contributed by atoms with Crippen LogP contribution in [0.3, 0.4) is 0 Å². The van der Waals surface area contributed by atoms with Gasteiger partial charge in [-0.05, 0) is 30.9 Å². The van der Waals surface area contributed by atoms with E-state index in [1.54, 1.807) is 14.2 Å². The molecule has 1 saturated carbocycles. The number of rotatable bonds is 4. The molecular formula is C14H20O3. The quantitative estimate of drug-likeness (QED) is 0.873. The first kappa shape index (κ1) is 12.2. The van der Waals surface area contributed by atoms with Gasteiger partial charge in [-0.15, -0.1) is 0 Å². The second kappa shape index (κ2) is 5.41. The molecule has 0 amide bonds. The second-order valence-electron chi connectivity index (χ2n) is 4.57. The molecule has 1 aliphatic carbocycles. The van der Waals surface area contributed by atoms with Crippen molar-refractivity contribution in [3.63, 3.8) is 0 Å². The van der Waals surface area contributed by atoms with Gasteiger partial charge in [0.2, 0.25) is 0 Å². The number of aliphatic hydroxyl groups excluding tert-OH is 1. The molecule has 1 N–H and O–H groups in total. The Hall–Kier alpha value is -1.22. The average molecular weight is 236 g/mol. The lowest BCUT2D eigenvalue weighted by Crippen LogP contribution is -2.11. The Morgan fingerprint density at radius 1 is 1.12 bits per heavy atom. The molecule has 2 rings (SSSR count). The van der Waals surface area contributed by atoms with Crippen molar-refractivity contribution in [1.29, 1.82) is 0 Å². The molecule has 0 spiro atoms. The lowest BCUT2D eigenvalue weighted by molar-refractivity contribution is 0.105. The van der Waals surface area contributed by atoms with Gasteiger partial charge in [0.1, 0.15) is 11.5 Å². The highest BCUT2D eigenvalue weighted by Crippen LogP contribution is 2.42. The van der Waals surface area contributed by atoms with Crippen LogP contribution in [-0.4, -0.2) is 19.3 Å². The van der Waals surface area contributed by atoms with Gasteiger partial charge in [-0.25, -0.2) is 0 Å². The maximum atomic E-state index is 10.5. The topological polar surface area (TPSA) is 38.7 Å². The van der Waals surface area contributed by atoms with E-state index in [4.69, 9.17) is 9.47 Å². The molecule has 1 fully saturated rings. The van der Waals surface area contributed by atoms with Gasteiger partial charge in [0.25, 0.3) is 0 Å². The van der Waals surface area contributed by atoms with Crippen LogP contribution in [0.2, 0.25) is 0 Å².